The second-order valence-electron chi connectivity index (χ2n) is 2.72. The van der Waals surface area contributed by atoms with Gasteiger partial charge < -0.3 is 22.1 Å². The molecule has 1 aromatic heterocycles. The average Bonchev–Trinajstić information content (AvgIpc) is 2.10. The molecule has 1 aromatic rings. The number of nitrogens with two attached hydrogens (primary N) is 3. The van der Waals surface area contributed by atoms with Gasteiger partial charge in [-0.05, 0) is 6.92 Å². The van der Waals surface area contributed by atoms with Gasteiger partial charge in [-0.1, -0.05) is 0 Å². The number of aromatic nitrogens is 2. The molecule has 0 fully saturated rings. The summed E-state index contributed by atoms with van der Waals surface area (Å²) in [5.41, 5.74) is 17.0. The molecule has 0 atom stereocenters. The molecule has 0 aliphatic carbocycles. The maximum Gasteiger partial charge on any atom is 0.224 e. The molecular weight excluding hydrogens is 168 g/mol. The highest BCUT2D eigenvalue weighted by molar-refractivity contribution is 5.74. The van der Waals surface area contributed by atoms with Crippen LogP contribution < -0.4 is 22.1 Å². The normalized spacial score (nSPS) is 10.0. The Morgan fingerprint density at radius 1 is 1.23 bits per heavy atom. The third-order valence-corrected chi connectivity index (χ3v) is 1.81. The highest BCUT2D eigenvalue weighted by Gasteiger charge is 2.10. The van der Waals surface area contributed by atoms with E-state index in [2.05, 4.69) is 9.97 Å². The first kappa shape index (κ1) is 9.37. The molecule has 1 heterocycles. The number of anilines is 4. The van der Waals surface area contributed by atoms with Crippen LogP contribution in [0.3, 0.4) is 0 Å². The summed E-state index contributed by atoms with van der Waals surface area (Å²) < 4.78 is 0. The Balaban J connectivity index is 3.20. The van der Waals surface area contributed by atoms with Crippen molar-refractivity contribution in [3.8, 4) is 0 Å². The van der Waals surface area contributed by atoms with E-state index in [-0.39, 0.29) is 11.8 Å². The number of nitrogens with zero attached hydrogens (tertiary/aromatic N) is 3. The molecule has 13 heavy (non-hydrogen) atoms. The third kappa shape index (κ3) is 1.71. The highest BCUT2D eigenvalue weighted by Crippen LogP contribution is 2.24. The van der Waals surface area contributed by atoms with Crippen molar-refractivity contribution in [1.29, 1.82) is 0 Å². The second kappa shape index (κ2) is 3.34. The SMILES string of the molecule is CCN(C)c1nc(N)nc(N)c1N. The first-order valence-electron chi connectivity index (χ1n) is 3.95. The van der Waals surface area contributed by atoms with Crippen LogP contribution in [0.25, 0.3) is 0 Å². The van der Waals surface area contributed by atoms with Crippen molar-refractivity contribution in [2.24, 2.45) is 0 Å². The van der Waals surface area contributed by atoms with Crippen molar-refractivity contribution < 1.29 is 0 Å². The standard InChI is InChI=1S/C7H14N6/c1-3-13(2)6-4(8)5(9)11-7(10)12-6/h3,8H2,1-2H3,(H4,9,10,11,12). The molecule has 0 bridgehead atoms. The molecule has 0 saturated carbocycles. The van der Waals surface area contributed by atoms with Crippen molar-refractivity contribution >= 4 is 23.3 Å². The van der Waals surface area contributed by atoms with Crippen LogP contribution in [-0.2, 0) is 0 Å². The summed E-state index contributed by atoms with van der Waals surface area (Å²) in [6, 6.07) is 0. The summed E-state index contributed by atoms with van der Waals surface area (Å²) in [6.07, 6.45) is 0. The lowest BCUT2D eigenvalue weighted by atomic mass is 10.4. The first-order chi connectivity index (χ1) is 6.06. The zero-order valence-electron chi connectivity index (χ0n) is 7.78. The smallest absolute Gasteiger partial charge is 0.224 e. The Morgan fingerprint density at radius 3 is 2.38 bits per heavy atom. The van der Waals surface area contributed by atoms with Gasteiger partial charge in [0.05, 0.1) is 0 Å². The van der Waals surface area contributed by atoms with E-state index < -0.39 is 0 Å². The Kier molecular flexibility index (Phi) is 2.41. The van der Waals surface area contributed by atoms with Gasteiger partial charge in [0.2, 0.25) is 5.95 Å². The van der Waals surface area contributed by atoms with E-state index in [1.807, 2.05) is 18.9 Å². The molecular formula is C7H14N6. The lowest BCUT2D eigenvalue weighted by molar-refractivity contribution is 0.936. The van der Waals surface area contributed by atoms with Crippen LogP contribution >= 0.6 is 0 Å². The lowest BCUT2D eigenvalue weighted by Gasteiger charge is -2.18. The maximum absolute atomic E-state index is 5.68. The topological polar surface area (TPSA) is 107 Å². The third-order valence-electron chi connectivity index (χ3n) is 1.81. The van der Waals surface area contributed by atoms with Crippen molar-refractivity contribution in [1.82, 2.24) is 9.97 Å². The van der Waals surface area contributed by atoms with Gasteiger partial charge in [0.15, 0.2) is 11.6 Å². The minimum atomic E-state index is 0.141. The summed E-state index contributed by atoms with van der Waals surface area (Å²) in [6.45, 7) is 2.76. The summed E-state index contributed by atoms with van der Waals surface area (Å²) in [5, 5.41) is 0. The zero-order chi connectivity index (χ0) is 10.0. The van der Waals surface area contributed by atoms with Gasteiger partial charge in [0, 0.05) is 13.6 Å². The van der Waals surface area contributed by atoms with Crippen molar-refractivity contribution in [2.45, 2.75) is 6.92 Å². The Hall–Kier alpha value is -1.72. The van der Waals surface area contributed by atoms with Gasteiger partial charge in [-0.15, -0.1) is 0 Å². The number of hydrogen-bond donors (Lipinski definition) is 3. The summed E-state index contributed by atoms with van der Waals surface area (Å²) in [7, 11) is 1.86. The fourth-order valence-electron chi connectivity index (χ4n) is 0.933. The summed E-state index contributed by atoms with van der Waals surface area (Å²) in [4.78, 5) is 9.59. The Labute approximate surface area is 76.7 Å². The molecule has 6 nitrogen and oxygen atoms in total. The van der Waals surface area contributed by atoms with E-state index >= 15 is 0 Å². The van der Waals surface area contributed by atoms with Crippen LogP contribution in [0.5, 0.6) is 0 Å². The van der Waals surface area contributed by atoms with Crippen LogP contribution in [0.15, 0.2) is 0 Å². The van der Waals surface area contributed by atoms with Crippen LogP contribution in [0.2, 0.25) is 0 Å². The van der Waals surface area contributed by atoms with Gasteiger partial charge in [-0.3, -0.25) is 0 Å². The Bertz CT molecular complexity index is 310. The number of rotatable bonds is 2. The van der Waals surface area contributed by atoms with Crippen LogP contribution in [0.4, 0.5) is 23.3 Å². The summed E-state index contributed by atoms with van der Waals surface area (Å²) >= 11 is 0. The summed E-state index contributed by atoms with van der Waals surface area (Å²) in [5.74, 6) is 0.942. The quantitative estimate of drug-likeness (QED) is 0.578. The van der Waals surface area contributed by atoms with Crippen molar-refractivity contribution in [3.05, 3.63) is 0 Å². The highest BCUT2D eigenvalue weighted by atomic mass is 15.2. The monoisotopic (exact) mass is 182 g/mol. The minimum absolute atomic E-state index is 0.141. The fraction of sp³-hybridized carbons (Fsp3) is 0.429. The average molecular weight is 182 g/mol. The lowest BCUT2D eigenvalue weighted by Crippen LogP contribution is -2.20. The van der Waals surface area contributed by atoms with E-state index in [1.165, 1.54) is 0 Å². The van der Waals surface area contributed by atoms with Gasteiger partial charge in [0.25, 0.3) is 0 Å². The molecule has 0 aliphatic rings. The molecule has 0 aliphatic heterocycles. The predicted molar refractivity (Wildman–Crippen MR) is 54.2 cm³/mol. The predicted octanol–water partition coefficient (Wildman–Crippen LogP) is -0.321. The maximum atomic E-state index is 5.68. The molecule has 6 N–H and O–H groups in total. The van der Waals surface area contributed by atoms with Crippen molar-refractivity contribution in [2.75, 3.05) is 35.7 Å². The van der Waals surface area contributed by atoms with Crippen molar-refractivity contribution in [3.63, 3.8) is 0 Å². The molecule has 0 saturated heterocycles. The van der Waals surface area contributed by atoms with Gasteiger partial charge in [-0.25, -0.2) is 0 Å². The molecule has 0 spiro atoms. The molecule has 0 aromatic carbocycles. The van der Waals surface area contributed by atoms with E-state index in [0.717, 1.165) is 6.54 Å². The Morgan fingerprint density at radius 2 is 1.85 bits per heavy atom. The molecule has 72 valence electrons. The minimum Gasteiger partial charge on any atom is -0.393 e. The number of hydrogen-bond acceptors (Lipinski definition) is 6. The molecule has 0 radical (unpaired) electrons. The molecule has 0 unspecified atom stereocenters. The van der Waals surface area contributed by atoms with Gasteiger partial charge in [0.1, 0.15) is 5.69 Å². The molecule has 0 amide bonds. The first-order valence-corrected chi connectivity index (χ1v) is 3.95. The van der Waals surface area contributed by atoms with E-state index in [9.17, 15) is 0 Å². The molecule has 6 heteroatoms. The van der Waals surface area contributed by atoms with Crippen LogP contribution in [-0.4, -0.2) is 23.6 Å². The van der Waals surface area contributed by atoms with E-state index in [1.54, 1.807) is 0 Å². The molecule has 1 rings (SSSR count). The van der Waals surface area contributed by atoms with E-state index in [0.29, 0.717) is 11.5 Å². The largest absolute Gasteiger partial charge is 0.393 e. The van der Waals surface area contributed by atoms with Gasteiger partial charge in [-0.2, -0.15) is 9.97 Å². The van der Waals surface area contributed by atoms with E-state index in [4.69, 9.17) is 17.2 Å². The van der Waals surface area contributed by atoms with Crippen LogP contribution in [0, 0.1) is 0 Å². The fourth-order valence-corrected chi connectivity index (χ4v) is 0.933. The number of nitrogen functional groups attached to an aromatic ring is 3. The second-order valence-corrected chi connectivity index (χ2v) is 2.72. The van der Waals surface area contributed by atoms with Crippen LogP contribution in [0.1, 0.15) is 6.92 Å². The van der Waals surface area contributed by atoms with Gasteiger partial charge >= 0.3 is 0 Å². The zero-order valence-corrected chi connectivity index (χ0v) is 7.78.